The number of para-hydroxylation sites is 1. The third kappa shape index (κ3) is 5.31. The second-order valence-corrected chi connectivity index (χ2v) is 5.78. The Morgan fingerprint density at radius 1 is 1.07 bits per heavy atom. The SMILES string of the molecule is Cc1ccccc1OCC(=O)N/N=C/c1ccc(OC(=O)c2ccco2)cc1. The van der Waals surface area contributed by atoms with Crippen molar-refractivity contribution in [3.05, 3.63) is 83.8 Å². The number of nitrogens with zero attached hydrogens (tertiary/aromatic N) is 1. The molecule has 2 aromatic carbocycles. The lowest BCUT2D eigenvalue weighted by Crippen LogP contribution is -2.24. The maximum atomic E-state index is 11.8. The van der Waals surface area contributed by atoms with Crippen molar-refractivity contribution in [3.8, 4) is 11.5 Å². The Balaban J connectivity index is 1.46. The fourth-order valence-electron chi connectivity index (χ4n) is 2.25. The average Bonchev–Trinajstić information content (AvgIpc) is 3.24. The summed E-state index contributed by atoms with van der Waals surface area (Å²) < 4.78 is 15.6. The molecule has 0 saturated heterocycles. The van der Waals surface area contributed by atoms with E-state index >= 15 is 0 Å². The van der Waals surface area contributed by atoms with Gasteiger partial charge in [-0.05, 0) is 60.5 Å². The molecule has 1 amide bonds. The van der Waals surface area contributed by atoms with Gasteiger partial charge in [0.25, 0.3) is 5.91 Å². The lowest BCUT2D eigenvalue weighted by molar-refractivity contribution is -0.123. The Labute approximate surface area is 161 Å². The number of ether oxygens (including phenoxy) is 2. The van der Waals surface area contributed by atoms with Crippen molar-refractivity contribution in [2.75, 3.05) is 6.61 Å². The first-order valence-electron chi connectivity index (χ1n) is 8.48. The van der Waals surface area contributed by atoms with E-state index in [-0.39, 0.29) is 18.3 Å². The fraction of sp³-hybridized carbons (Fsp3) is 0.0952. The molecule has 0 saturated carbocycles. The molecule has 0 spiro atoms. The van der Waals surface area contributed by atoms with Gasteiger partial charge < -0.3 is 13.9 Å². The molecule has 3 rings (SSSR count). The lowest BCUT2D eigenvalue weighted by Gasteiger charge is -2.07. The molecule has 0 aliphatic rings. The summed E-state index contributed by atoms with van der Waals surface area (Å²) in [5.41, 5.74) is 4.06. The van der Waals surface area contributed by atoms with Gasteiger partial charge in [-0.2, -0.15) is 5.10 Å². The van der Waals surface area contributed by atoms with Gasteiger partial charge in [0.05, 0.1) is 12.5 Å². The Morgan fingerprint density at radius 2 is 1.86 bits per heavy atom. The molecule has 28 heavy (non-hydrogen) atoms. The maximum absolute atomic E-state index is 11.8. The van der Waals surface area contributed by atoms with E-state index in [1.54, 1.807) is 36.4 Å². The minimum atomic E-state index is -0.577. The molecule has 1 aromatic heterocycles. The molecule has 0 aliphatic carbocycles. The van der Waals surface area contributed by atoms with Crippen LogP contribution in [0.2, 0.25) is 0 Å². The molecule has 1 N–H and O–H groups in total. The van der Waals surface area contributed by atoms with Crippen molar-refractivity contribution in [3.63, 3.8) is 0 Å². The number of aryl methyl sites for hydroxylation is 1. The van der Waals surface area contributed by atoms with Crippen LogP contribution in [0.3, 0.4) is 0 Å². The minimum Gasteiger partial charge on any atom is -0.483 e. The number of hydrogen-bond donors (Lipinski definition) is 1. The Hall–Kier alpha value is -3.87. The molecule has 7 heteroatoms. The summed E-state index contributed by atoms with van der Waals surface area (Å²) in [7, 11) is 0. The summed E-state index contributed by atoms with van der Waals surface area (Å²) in [5.74, 6) is 0.202. The first kappa shape index (κ1) is 18.9. The van der Waals surface area contributed by atoms with Crippen LogP contribution in [0.4, 0.5) is 0 Å². The molecule has 7 nitrogen and oxygen atoms in total. The molecule has 0 atom stereocenters. The van der Waals surface area contributed by atoms with Crippen LogP contribution in [0.1, 0.15) is 21.7 Å². The van der Waals surface area contributed by atoms with Crippen molar-refractivity contribution in [2.45, 2.75) is 6.92 Å². The summed E-state index contributed by atoms with van der Waals surface area (Å²) >= 11 is 0. The summed E-state index contributed by atoms with van der Waals surface area (Å²) in [5, 5.41) is 3.88. The maximum Gasteiger partial charge on any atom is 0.379 e. The average molecular weight is 378 g/mol. The third-order valence-electron chi connectivity index (χ3n) is 3.67. The van der Waals surface area contributed by atoms with Gasteiger partial charge in [0, 0.05) is 0 Å². The van der Waals surface area contributed by atoms with Crippen LogP contribution in [0, 0.1) is 6.92 Å². The van der Waals surface area contributed by atoms with Crippen LogP contribution >= 0.6 is 0 Å². The van der Waals surface area contributed by atoms with E-state index in [9.17, 15) is 9.59 Å². The molecule has 3 aromatic rings. The Kier molecular flexibility index (Phi) is 6.20. The number of amides is 1. The van der Waals surface area contributed by atoms with Gasteiger partial charge in [-0.1, -0.05) is 18.2 Å². The van der Waals surface area contributed by atoms with Gasteiger partial charge in [-0.15, -0.1) is 0 Å². The molecule has 0 radical (unpaired) electrons. The molecule has 0 fully saturated rings. The monoisotopic (exact) mass is 378 g/mol. The van der Waals surface area contributed by atoms with Crippen LogP contribution in [0.15, 0.2) is 76.4 Å². The van der Waals surface area contributed by atoms with E-state index in [1.807, 2.05) is 25.1 Å². The smallest absolute Gasteiger partial charge is 0.379 e. The summed E-state index contributed by atoms with van der Waals surface area (Å²) in [6, 6.07) is 17.2. The van der Waals surface area contributed by atoms with Crippen molar-refractivity contribution < 1.29 is 23.5 Å². The van der Waals surface area contributed by atoms with Crippen molar-refractivity contribution in [1.29, 1.82) is 0 Å². The molecule has 0 unspecified atom stereocenters. The highest BCUT2D eigenvalue weighted by molar-refractivity contribution is 5.88. The number of rotatable bonds is 7. The minimum absolute atomic E-state index is 0.126. The quantitative estimate of drug-likeness (QED) is 0.295. The number of hydrogen-bond acceptors (Lipinski definition) is 6. The van der Waals surface area contributed by atoms with Gasteiger partial charge in [0.1, 0.15) is 11.5 Å². The van der Waals surface area contributed by atoms with Gasteiger partial charge >= 0.3 is 5.97 Å². The van der Waals surface area contributed by atoms with Crippen molar-refractivity contribution in [2.24, 2.45) is 5.10 Å². The zero-order valence-corrected chi connectivity index (χ0v) is 15.1. The second kappa shape index (κ2) is 9.18. The summed E-state index contributed by atoms with van der Waals surface area (Å²) in [4.78, 5) is 23.6. The van der Waals surface area contributed by atoms with Crippen molar-refractivity contribution in [1.82, 2.24) is 5.43 Å². The van der Waals surface area contributed by atoms with E-state index in [0.29, 0.717) is 11.5 Å². The van der Waals surface area contributed by atoms with Crippen LogP contribution in [0.5, 0.6) is 11.5 Å². The van der Waals surface area contributed by atoms with Crippen LogP contribution in [-0.4, -0.2) is 24.7 Å². The number of furan rings is 1. The highest BCUT2D eigenvalue weighted by Gasteiger charge is 2.10. The lowest BCUT2D eigenvalue weighted by atomic mass is 10.2. The highest BCUT2D eigenvalue weighted by Crippen LogP contribution is 2.16. The standard InChI is InChI=1S/C21H18N2O5/c1-15-5-2-3-6-18(15)27-14-20(24)23-22-13-16-8-10-17(11-9-16)28-21(25)19-7-4-12-26-19/h2-13H,14H2,1H3,(H,23,24)/b22-13+. The van der Waals surface area contributed by atoms with Crippen molar-refractivity contribution >= 4 is 18.1 Å². The largest absolute Gasteiger partial charge is 0.483 e. The van der Waals surface area contributed by atoms with E-state index < -0.39 is 5.97 Å². The number of carbonyl (C=O) groups is 2. The molecule has 1 heterocycles. The Morgan fingerprint density at radius 3 is 2.57 bits per heavy atom. The van der Waals surface area contributed by atoms with Crippen LogP contribution < -0.4 is 14.9 Å². The van der Waals surface area contributed by atoms with E-state index in [2.05, 4.69) is 10.5 Å². The van der Waals surface area contributed by atoms with Gasteiger partial charge in [0.2, 0.25) is 5.76 Å². The molecule has 0 aliphatic heterocycles. The summed E-state index contributed by atoms with van der Waals surface area (Å²) in [6.07, 6.45) is 2.88. The number of esters is 1. The normalized spacial score (nSPS) is 10.6. The number of hydrazone groups is 1. The fourth-order valence-corrected chi connectivity index (χ4v) is 2.25. The topological polar surface area (TPSA) is 90.1 Å². The zero-order chi connectivity index (χ0) is 19.8. The van der Waals surface area contributed by atoms with Crippen LogP contribution in [0.25, 0.3) is 0 Å². The Bertz CT molecular complexity index is 963. The van der Waals surface area contributed by atoms with Gasteiger partial charge in [-0.3, -0.25) is 4.79 Å². The predicted octanol–water partition coefficient (Wildman–Crippen LogP) is 3.34. The highest BCUT2D eigenvalue weighted by atomic mass is 16.5. The number of benzene rings is 2. The number of carbonyl (C=O) groups excluding carboxylic acids is 2. The molecular formula is C21H18N2O5. The first-order chi connectivity index (χ1) is 13.6. The van der Waals surface area contributed by atoms with Gasteiger partial charge in [0.15, 0.2) is 6.61 Å². The van der Waals surface area contributed by atoms with E-state index in [0.717, 1.165) is 11.1 Å². The molecule has 0 bridgehead atoms. The zero-order valence-electron chi connectivity index (χ0n) is 15.1. The van der Waals surface area contributed by atoms with Crippen LogP contribution in [-0.2, 0) is 4.79 Å². The van der Waals surface area contributed by atoms with E-state index in [1.165, 1.54) is 18.5 Å². The molecular weight excluding hydrogens is 360 g/mol. The molecule has 142 valence electrons. The predicted molar refractivity (Wildman–Crippen MR) is 103 cm³/mol. The first-order valence-corrected chi connectivity index (χ1v) is 8.48. The second-order valence-electron chi connectivity index (χ2n) is 5.78. The number of nitrogens with one attached hydrogen (secondary N) is 1. The summed E-state index contributed by atoms with van der Waals surface area (Å²) in [6.45, 7) is 1.77. The van der Waals surface area contributed by atoms with Gasteiger partial charge in [-0.25, -0.2) is 10.2 Å². The van der Waals surface area contributed by atoms with E-state index in [4.69, 9.17) is 13.9 Å². The third-order valence-corrected chi connectivity index (χ3v) is 3.67.